The van der Waals surface area contributed by atoms with E-state index in [1.165, 1.54) is 30.8 Å². The average molecular weight is 245 g/mol. The highest BCUT2D eigenvalue weighted by atomic mass is 32.2. The molecule has 2 nitrogen and oxygen atoms in total. The fourth-order valence-electron chi connectivity index (χ4n) is 2.38. The summed E-state index contributed by atoms with van der Waals surface area (Å²) in [5, 5.41) is 3.70. The number of ether oxygens (including phenoxy) is 1. The van der Waals surface area contributed by atoms with Gasteiger partial charge in [0.05, 0.1) is 0 Å². The van der Waals surface area contributed by atoms with Crippen molar-refractivity contribution in [3.8, 4) is 0 Å². The second-order valence-electron chi connectivity index (χ2n) is 4.92. The van der Waals surface area contributed by atoms with Crippen LogP contribution in [0, 0.1) is 5.92 Å². The molecule has 1 aliphatic heterocycles. The minimum absolute atomic E-state index is 0.639. The van der Waals surface area contributed by atoms with E-state index in [0.29, 0.717) is 12.1 Å². The molecule has 0 aromatic heterocycles. The first-order chi connectivity index (χ1) is 7.72. The Hall–Kier alpha value is 0.270. The van der Waals surface area contributed by atoms with Crippen LogP contribution in [0.25, 0.3) is 0 Å². The van der Waals surface area contributed by atoms with Crippen LogP contribution >= 0.6 is 11.8 Å². The van der Waals surface area contributed by atoms with Crippen molar-refractivity contribution in [1.82, 2.24) is 5.32 Å². The topological polar surface area (TPSA) is 21.3 Å². The molecular formula is C13H27NOS. The van der Waals surface area contributed by atoms with Gasteiger partial charge in [-0.05, 0) is 44.8 Å². The molecule has 0 saturated carbocycles. The van der Waals surface area contributed by atoms with Gasteiger partial charge in [-0.25, -0.2) is 0 Å². The van der Waals surface area contributed by atoms with Gasteiger partial charge in [0.2, 0.25) is 0 Å². The number of thioether (sulfide) groups is 1. The van der Waals surface area contributed by atoms with Crippen LogP contribution in [-0.2, 0) is 4.74 Å². The number of rotatable bonds is 7. The Morgan fingerprint density at radius 1 is 1.25 bits per heavy atom. The van der Waals surface area contributed by atoms with E-state index < -0.39 is 0 Å². The van der Waals surface area contributed by atoms with Crippen molar-refractivity contribution in [1.29, 1.82) is 0 Å². The largest absolute Gasteiger partial charge is 0.381 e. The highest BCUT2D eigenvalue weighted by molar-refractivity contribution is 7.99. The zero-order chi connectivity index (χ0) is 11.8. The minimum Gasteiger partial charge on any atom is -0.381 e. The van der Waals surface area contributed by atoms with Crippen LogP contribution in [0.2, 0.25) is 0 Å². The van der Waals surface area contributed by atoms with Crippen LogP contribution in [-0.4, -0.2) is 36.8 Å². The summed E-state index contributed by atoms with van der Waals surface area (Å²) in [7, 11) is 0. The first-order valence-corrected chi connectivity index (χ1v) is 7.79. The molecule has 0 aromatic rings. The summed E-state index contributed by atoms with van der Waals surface area (Å²) in [5.41, 5.74) is 0. The van der Waals surface area contributed by atoms with Crippen LogP contribution in [0.1, 0.15) is 40.0 Å². The van der Waals surface area contributed by atoms with Crippen LogP contribution in [0.4, 0.5) is 0 Å². The summed E-state index contributed by atoms with van der Waals surface area (Å²) >= 11 is 2.02. The summed E-state index contributed by atoms with van der Waals surface area (Å²) in [6, 6.07) is 1.29. The van der Waals surface area contributed by atoms with Crippen LogP contribution < -0.4 is 5.32 Å². The molecule has 1 N–H and O–H groups in total. The van der Waals surface area contributed by atoms with Gasteiger partial charge in [0.1, 0.15) is 0 Å². The lowest BCUT2D eigenvalue weighted by Crippen LogP contribution is -2.38. The molecule has 0 bridgehead atoms. The second-order valence-corrected chi connectivity index (χ2v) is 6.24. The maximum Gasteiger partial charge on any atom is 0.0468 e. The van der Waals surface area contributed by atoms with E-state index in [0.717, 1.165) is 19.1 Å². The van der Waals surface area contributed by atoms with Crippen molar-refractivity contribution in [2.75, 3.05) is 24.7 Å². The molecule has 96 valence electrons. The Labute approximate surface area is 105 Å². The van der Waals surface area contributed by atoms with E-state index in [9.17, 15) is 0 Å². The van der Waals surface area contributed by atoms with E-state index in [2.05, 4.69) is 26.1 Å². The van der Waals surface area contributed by atoms with Crippen molar-refractivity contribution >= 4 is 11.8 Å². The summed E-state index contributed by atoms with van der Waals surface area (Å²) in [5.74, 6) is 3.33. The first kappa shape index (κ1) is 14.3. The van der Waals surface area contributed by atoms with Gasteiger partial charge in [0.15, 0.2) is 0 Å². The molecule has 16 heavy (non-hydrogen) atoms. The van der Waals surface area contributed by atoms with Gasteiger partial charge in [-0.3, -0.25) is 0 Å². The molecule has 1 saturated heterocycles. The molecule has 0 spiro atoms. The van der Waals surface area contributed by atoms with E-state index in [1.807, 2.05) is 11.8 Å². The summed E-state index contributed by atoms with van der Waals surface area (Å²) in [4.78, 5) is 0. The lowest BCUT2D eigenvalue weighted by molar-refractivity contribution is 0.0609. The van der Waals surface area contributed by atoms with Crippen molar-refractivity contribution in [3.05, 3.63) is 0 Å². The Bertz CT molecular complexity index is 171. The number of hydrogen-bond acceptors (Lipinski definition) is 3. The van der Waals surface area contributed by atoms with Crippen LogP contribution in [0.3, 0.4) is 0 Å². The monoisotopic (exact) mass is 245 g/mol. The van der Waals surface area contributed by atoms with Gasteiger partial charge in [0, 0.05) is 31.1 Å². The predicted molar refractivity (Wildman–Crippen MR) is 73.2 cm³/mol. The standard InChI is InChI=1S/C13H27NOS/c1-4-16-10-12(3)14-11(2)9-13-5-7-15-8-6-13/h11-14H,4-10H2,1-3H3. The molecule has 1 aliphatic rings. The molecule has 0 amide bonds. The van der Waals surface area contributed by atoms with E-state index in [4.69, 9.17) is 4.74 Å². The molecule has 0 aliphatic carbocycles. The van der Waals surface area contributed by atoms with E-state index in [1.54, 1.807) is 0 Å². The fraction of sp³-hybridized carbons (Fsp3) is 1.00. The number of hydrogen-bond donors (Lipinski definition) is 1. The zero-order valence-electron chi connectivity index (χ0n) is 11.0. The molecule has 2 unspecified atom stereocenters. The normalized spacial score (nSPS) is 21.9. The third-order valence-corrected chi connectivity index (χ3v) is 4.31. The molecule has 1 fully saturated rings. The van der Waals surface area contributed by atoms with Crippen molar-refractivity contribution < 1.29 is 4.74 Å². The zero-order valence-corrected chi connectivity index (χ0v) is 11.8. The summed E-state index contributed by atoms with van der Waals surface area (Å²) < 4.78 is 5.39. The highest BCUT2D eigenvalue weighted by Gasteiger charge is 2.17. The van der Waals surface area contributed by atoms with Gasteiger partial charge in [-0.1, -0.05) is 6.92 Å². The Morgan fingerprint density at radius 2 is 1.94 bits per heavy atom. The summed E-state index contributed by atoms with van der Waals surface area (Å²) in [6.45, 7) is 8.78. The second kappa shape index (κ2) is 8.37. The SMILES string of the molecule is CCSCC(C)NC(C)CC1CCOCC1. The lowest BCUT2D eigenvalue weighted by atomic mass is 9.93. The average Bonchev–Trinajstić information content (AvgIpc) is 2.27. The molecule has 0 aromatic carbocycles. The van der Waals surface area contributed by atoms with Crippen molar-refractivity contribution in [2.24, 2.45) is 5.92 Å². The third kappa shape index (κ3) is 6.12. The third-order valence-electron chi connectivity index (χ3n) is 3.17. The van der Waals surface area contributed by atoms with Gasteiger partial charge in [-0.15, -0.1) is 0 Å². The molecule has 1 heterocycles. The van der Waals surface area contributed by atoms with Crippen LogP contribution in [0.5, 0.6) is 0 Å². The Balaban J connectivity index is 2.11. The van der Waals surface area contributed by atoms with Gasteiger partial charge in [-0.2, -0.15) is 11.8 Å². The van der Waals surface area contributed by atoms with E-state index >= 15 is 0 Å². The minimum atomic E-state index is 0.639. The van der Waals surface area contributed by atoms with Gasteiger partial charge >= 0.3 is 0 Å². The molecule has 1 rings (SSSR count). The van der Waals surface area contributed by atoms with E-state index in [-0.39, 0.29) is 0 Å². The highest BCUT2D eigenvalue weighted by Crippen LogP contribution is 2.20. The maximum absolute atomic E-state index is 5.39. The predicted octanol–water partition coefficient (Wildman–Crippen LogP) is 2.92. The molecule has 2 atom stereocenters. The fourth-order valence-corrected chi connectivity index (χ4v) is 3.06. The molecule has 0 radical (unpaired) electrons. The van der Waals surface area contributed by atoms with Gasteiger partial charge < -0.3 is 10.1 Å². The molecule has 3 heteroatoms. The van der Waals surface area contributed by atoms with Crippen molar-refractivity contribution in [3.63, 3.8) is 0 Å². The van der Waals surface area contributed by atoms with Crippen LogP contribution in [0.15, 0.2) is 0 Å². The van der Waals surface area contributed by atoms with Gasteiger partial charge in [0.25, 0.3) is 0 Å². The molecular weight excluding hydrogens is 218 g/mol. The lowest BCUT2D eigenvalue weighted by Gasteiger charge is -2.27. The van der Waals surface area contributed by atoms with Crippen molar-refractivity contribution in [2.45, 2.75) is 52.1 Å². The number of nitrogens with one attached hydrogen (secondary N) is 1. The summed E-state index contributed by atoms with van der Waals surface area (Å²) in [6.07, 6.45) is 3.82. The smallest absolute Gasteiger partial charge is 0.0468 e. The maximum atomic E-state index is 5.39. The quantitative estimate of drug-likeness (QED) is 0.745. The Morgan fingerprint density at radius 3 is 2.56 bits per heavy atom. The Kier molecular flexibility index (Phi) is 7.50. The first-order valence-electron chi connectivity index (χ1n) is 6.64.